The Morgan fingerprint density at radius 3 is 2.52 bits per heavy atom. The number of sulfonamides is 1. The van der Waals surface area contributed by atoms with Crippen LogP contribution in [-0.2, 0) is 10.0 Å². The fourth-order valence-corrected chi connectivity index (χ4v) is 3.37. The zero-order valence-electron chi connectivity index (χ0n) is 12.7. The number of hydrogen-bond donors (Lipinski definition) is 2. The van der Waals surface area contributed by atoms with E-state index >= 15 is 0 Å². The predicted octanol–water partition coefficient (Wildman–Crippen LogP) is 1.25. The van der Waals surface area contributed by atoms with E-state index < -0.39 is 10.0 Å². The van der Waals surface area contributed by atoms with Gasteiger partial charge in [0.05, 0.1) is 4.90 Å². The molecule has 0 aromatic heterocycles. The standard InChI is InChI=1S/C14H23N3O2S2/c1-11-10-12(14(15)20)6-7-13(11)21(18,19)16-8-4-5-9-17(2)3/h6-7,10,16H,4-5,8-9H2,1-3H3,(H2,15,20). The van der Waals surface area contributed by atoms with Crippen LogP contribution in [0.4, 0.5) is 0 Å². The van der Waals surface area contributed by atoms with E-state index in [1.54, 1.807) is 25.1 Å². The molecular weight excluding hydrogens is 306 g/mol. The molecule has 0 unspecified atom stereocenters. The second kappa shape index (κ2) is 7.84. The molecular formula is C14H23N3O2S2. The average Bonchev–Trinajstić information content (AvgIpc) is 2.37. The summed E-state index contributed by atoms with van der Waals surface area (Å²) >= 11 is 4.89. The molecule has 0 heterocycles. The second-order valence-corrected chi connectivity index (χ2v) is 7.43. The van der Waals surface area contributed by atoms with E-state index in [0.717, 1.165) is 19.4 Å². The monoisotopic (exact) mass is 329 g/mol. The van der Waals surface area contributed by atoms with Crippen LogP contribution in [0.3, 0.4) is 0 Å². The fourth-order valence-electron chi connectivity index (χ4n) is 1.94. The first-order valence-corrected chi connectivity index (χ1v) is 8.68. The van der Waals surface area contributed by atoms with Crippen LogP contribution in [0, 0.1) is 6.92 Å². The van der Waals surface area contributed by atoms with Crippen LogP contribution in [0.25, 0.3) is 0 Å². The molecule has 1 aromatic rings. The third-order valence-corrected chi connectivity index (χ3v) is 4.93. The maximum absolute atomic E-state index is 12.2. The number of hydrogen-bond acceptors (Lipinski definition) is 4. The van der Waals surface area contributed by atoms with Crippen LogP contribution < -0.4 is 10.5 Å². The Hall–Kier alpha value is -1.02. The lowest BCUT2D eigenvalue weighted by Crippen LogP contribution is -2.26. The van der Waals surface area contributed by atoms with E-state index in [4.69, 9.17) is 18.0 Å². The number of rotatable bonds is 8. The predicted molar refractivity (Wildman–Crippen MR) is 90.0 cm³/mol. The molecule has 3 N–H and O–H groups in total. The first-order valence-electron chi connectivity index (χ1n) is 6.79. The largest absolute Gasteiger partial charge is 0.389 e. The number of unbranched alkanes of at least 4 members (excludes halogenated alkanes) is 1. The maximum atomic E-state index is 12.2. The Bertz CT molecular complexity index is 598. The lowest BCUT2D eigenvalue weighted by molar-refractivity contribution is 0.394. The summed E-state index contributed by atoms with van der Waals surface area (Å²) in [6.07, 6.45) is 1.76. The fraction of sp³-hybridized carbons (Fsp3) is 0.500. The summed E-state index contributed by atoms with van der Waals surface area (Å²) in [6.45, 7) is 3.12. The van der Waals surface area contributed by atoms with Gasteiger partial charge in [0.25, 0.3) is 0 Å². The average molecular weight is 329 g/mol. The molecule has 0 aliphatic heterocycles. The Morgan fingerprint density at radius 1 is 1.33 bits per heavy atom. The molecule has 0 amide bonds. The van der Waals surface area contributed by atoms with Gasteiger partial charge in [-0.2, -0.15) is 0 Å². The van der Waals surface area contributed by atoms with E-state index in [0.29, 0.717) is 17.7 Å². The van der Waals surface area contributed by atoms with Gasteiger partial charge in [-0.25, -0.2) is 13.1 Å². The van der Waals surface area contributed by atoms with Crippen molar-refractivity contribution in [3.8, 4) is 0 Å². The zero-order valence-corrected chi connectivity index (χ0v) is 14.4. The highest BCUT2D eigenvalue weighted by Crippen LogP contribution is 2.16. The minimum Gasteiger partial charge on any atom is -0.389 e. The summed E-state index contributed by atoms with van der Waals surface area (Å²) in [5.74, 6) is 0. The van der Waals surface area contributed by atoms with E-state index in [9.17, 15) is 8.42 Å². The van der Waals surface area contributed by atoms with Gasteiger partial charge in [-0.3, -0.25) is 0 Å². The SMILES string of the molecule is Cc1cc(C(N)=S)ccc1S(=O)(=O)NCCCCN(C)C. The lowest BCUT2D eigenvalue weighted by Gasteiger charge is -2.12. The Labute approximate surface area is 132 Å². The van der Waals surface area contributed by atoms with Gasteiger partial charge < -0.3 is 10.6 Å². The van der Waals surface area contributed by atoms with Crippen molar-refractivity contribution in [3.63, 3.8) is 0 Å². The van der Waals surface area contributed by atoms with Gasteiger partial charge in [0.2, 0.25) is 10.0 Å². The highest BCUT2D eigenvalue weighted by atomic mass is 32.2. The highest BCUT2D eigenvalue weighted by molar-refractivity contribution is 7.89. The number of benzene rings is 1. The number of thiocarbonyl (C=S) groups is 1. The Balaban J connectivity index is 2.68. The van der Waals surface area contributed by atoms with E-state index in [1.165, 1.54) is 0 Å². The number of nitrogens with zero attached hydrogens (tertiary/aromatic N) is 1. The third-order valence-electron chi connectivity index (χ3n) is 3.07. The number of nitrogens with two attached hydrogens (primary N) is 1. The van der Waals surface area contributed by atoms with Crippen molar-refractivity contribution < 1.29 is 8.42 Å². The lowest BCUT2D eigenvalue weighted by atomic mass is 10.1. The van der Waals surface area contributed by atoms with Gasteiger partial charge in [0.1, 0.15) is 4.99 Å². The van der Waals surface area contributed by atoms with Gasteiger partial charge in [-0.1, -0.05) is 18.3 Å². The molecule has 21 heavy (non-hydrogen) atoms. The molecule has 1 aromatic carbocycles. The minimum absolute atomic E-state index is 0.263. The third kappa shape index (κ3) is 5.70. The van der Waals surface area contributed by atoms with Gasteiger partial charge in [-0.05, 0) is 58.1 Å². The number of nitrogens with one attached hydrogen (secondary N) is 1. The zero-order chi connectivity index (χ0) is 16.0. The Kier molecular flexibility index (Phi) is 6.73. The summed E-state index contributed by atoms with van der Waals surface area (Å²) in [5.41, 5.74) is 6.86. The minimum atomic E-state index is -3.48. The first-order chi connectivity index (χ1) is 9.74. The molecule has 0 aliphatic rings. The number of aryl methyl sites for hydroxylation is 1. The van der Waals surface area contributed by atoms with Crippen LogP contribution in [0.15, 0.2) is 23.1 Å². The van der Waals surface area contributed by atoms with Crippen molar-refractivity contribution in [3.05, 3.63) is 29.3 Å². The molecule has 0 bridgehead atoms. The van der Waals surface area contributed by atoms with Crippen molar-refractivity contribution in [2.24, 2.45) is 5.73 Å². The molecule has 0 atom stereocenters. The van der Waals surface area contributed by atoms with Crippen LogP contribution in [0.1, 0.15) is 24.0 Å². The normalized spacial score (nSPS) is 11.8. The van der Waals surface area contributed by atoms with E-state index in [2.05, 4.69) is 9.62 Å². The molecule has 0 radical (unpaired) electrons. The van der Waals surface area contributed by atoms with Crippen molar-refractivity contribution in [1.82, 2.24) is 9.62 Å². The van der Waals surface area contributed by atoms with Gasteiger partial charge in [0, 0.05) is 12.1 Å². The summed E-state index contributed by atoms with van der Waals surface area (Å²) in [4.78, 5) is 2.61. The molecule has 0 fully saturated rings. The van der Waals surface area contributed by atoms with Crippen LogP contribution in [-0.4, -0.2) is 45.5 Å². The van der Waals surface area contributed by atoms with E-state index in [-0.39, 0.29) is 9.88 Å². The highest BCUT2D eigenvalue weighted by Gasteiger charge is 2.16. The van der Waals surface area contributed by atoms with Crippen molar-refractivity contribution in [1.29, 1.82) is 0 Å². The maximum Gasteiger partial charge on any atom is 0.240 e. The smallest absolute Gasteiger partial charge is 0.240 e. The molecule has 0 spiro atoms. The summed E-state index contributed by atoms with van der Waals surface area (Å²) < 4.78 is 27.1. The molecule has 0 saturated heterocycles. The van der Waals surface area contributed by atoms with Crippen molar-refractivity contribution >= 4 is 27.2 Å². The first kappa shape index (κ1) is 18.0. The van der Waals surface area contributed by atoms with Crippen LogP contribution in [0.5, 0.6) is 0 Å². The molecule has 0 saturated carbocycles. The molecule has 1 rings (SSSR count). The topological polar surface area (TPSA) is 75.4 Å². The van der Waals surface area contributed by atoms with Crippen LogP contribution in [0.2, 0.25) is 0 Å². The molecule has 5 nitrogen and oxygen atoms in total. The van der Waals surface area contributed by atoms with Gasteiger partial charge in [0.15, 0.2) is 0 Å². The van der Waals surface area contributed by atoms with Crippen LogP contribution >= 0.6 is 12.2 Å². The molecule has 0 aliphatic carbocycles. The Morgan fingerprint density at radius 2 is 2.00 bits per heavy atom. The second-order valence-electron chi connectivity index (χ2n) is 5.25. The summed E-state index contributed by atoms with van der Waals surface area (Å²) in [6, 6.07) is 4.88. The van der Waals surface area contributed by atoms with Gasteiger partial charge >= 0.3 is 0 Å². The molecule has 7 heteroatoms. The molecule has 118 valence electrons. The van der Waals surface area contributed by atoms with Gasteiger partial charge in [-0.15, -0.1) is 0 Å². The van der Waals surface area contributed by atoms with Crippen molar-refractivity contribution in [2.45, 2.75) is 24.7 Å². The summed E-state index contributed by atoms with van der Waals surface area (Å²) in [5, 5.41) is 0. The van der Waals surface area contributed by atoms with Crippen molar-refractivity contribution in [2.75, 3.05) is 27.2 Å². The summed E-state index contributed by atoms with van der Waals surface area (Å²) in [7, 11) is 0.512. The quantitative estimate of drug-likeness (QED) is 0.554. The van der Waals surface area contributed by atoms with E-state index in [1.807, 2.05) is 14.1 Å².